The lowest BCUT2D eigenvalue weighted by molar-refractivity contribution is -0.945. The van der Waals surface area contributed by atoms with E-state index in [9.17, 15) is 15.0 Å². The molecule has 3 aromatic carbocycles. The van der Waals surface area contributed by atoms with Crippen LogP contribution in [0.4, 0.5) is 0 Å². The Hall–Kier alpha value is -2.89. The van der Waals surface area contributed by atoms with Crippen molar-refractivity contribution in [1.82, 2.24) is 5.32 Å². The van der Waals surface area contributed by atoms with Gasteiger partial charge in [0.05, 0.1) is 19.6 Å². The van der Waals surface area contributed by atoms with Crippen molar-refractivity contribution in [3.63, 3.8) is 0 Å². The Kier molecular flexibility index (Phi) is 6.71. The molecule has 0 spiro atoms. The molecule has 1 saturated heterocycles. The van der Waals surface area contributed by atoms with E-state index in [0.717, 1.165) is 59.2 Å². The van der Waals surface area contributed by atoms with Gasteiger partial charge in [-0.25, -0.2) is 0 Å². The summed E-state index contributed by atoms with van der Waals surface area (Å²) in [5.74, 6) is 1.53. The predicted octanol–water partition coefficient (Wildman–Crippen LogP) is 5.78. The first-order chi connectivity index (χ1) is 18.7. The molecule has 4 atom stereocenters. The van der Waals surface area contributed by atoms with E-state index in [1.165, 1.54) is 19.4 Å². The van der Waals surface area contributed by atoms with E-state index in [1.54, 1.807) is 6.07 Å². The highest BCUT2D eigenvalue weighted by molar-refractivity contribution is 5.98. The fraction of sp³-hybridized carbons (Fsp3) is 0.500. The first-order valence-electron chi connectivity index (χ1n) is 14.9. The van der Waals surface area contributed by atoms with Crippen molar-refractivity contribution in [3.8, 4) is 5.75 Å². The molecule has 2 aliphatic carbocycles. The minimum absolute atomic E-state index is 0.0416. The summed E-state index contributed by atoms with van der Waals surface area (Å²) in [4.78, 5) is 13.4. The fourth-order valence-corrected chi connectivity index (χ4v) is 8.06. The van der Waals surface area contributed by atoms with Crippen LogP contribution in [0.1, 0.15) is 68.3 Å². The van der Waals surface area contributed by atoms with Crippen LogP contribution in [0.15, 0.2) is 66.7 Å². The number of phenolic OH excluding ortho intramolecular Hbond substituents is 1. The molecular weight excluding hydrogens is 484 g/mol. The maximum absolute atomic E-state index is 13.4. The molecule has 39 heavy (non-hydrogen) atoms. The number of likely N-dealkylation sites (tertiary alicyclic amines) is 1. The van der Waals surface area contributed by atoms with E-state index in [4.69, 9.17) is 0 Å². The first kappa shape index (κ1) is 26.3. The number of phenols is 1. The molecule has 2 saturated carbocycles. The fourth-order valence-electron chi connectivity index (χ4n) is 8.06. The Labute approximate surface area is 232 Å². The Morgan fingerprint density at radius 2 is 1.79 bits per heavy atom. The molecule has 3 N–H and O–H groups in total. The molecule has 3 aliphatic rings. The van der Waals surface area contributed by atoms with Crippen LogP contribution in [0.25, 0.3) is 10.8 Å². The third-order valence-corrected chi connectivity index (χ3v) is 9.84. The Morgan fingerprint density at radius 1 is 1.00 bits per heavy atom. The molecule has 6 rings (SSSR count). The first-order valence-corrected chi connectivity index (χ1v) is 14.9. The van der Waals surface area contributed by atoms with Crippen molar-refractivity contribution in [3.05, 3.63) is 77.9 Å². The number of carbonyl (C=O) groups is 1. The normalized spacial score (nSPS) is 30.7. The van der Waals surface area contributed by atoms with Crippen molar-refractivity contribution < 1.29 is 19.5 Å². The standard InChI is InChI=1S/C34H42N2O3/c1-24(2)21-36(22-25-10-11-25)17-16-33(29-8-5-9-31(37)19-29)20-30(14-15-34(33,39)23-36)35-32(38)28-13-12-26-6-3-4-7-27(26)18-28/h3-9,12-13,18-19,24-25,30,39H,10-11,14-17,20-23H2,1-2H3,(H-,35,37,38)/p+1/t30-,33-,34?,36+/m1/s1. The van der Waals surface area contributed by atoms with Gasteiger partial charge in [0.25, 0.3) is 5.91 Å². The van der Waals surface area contributed by atoms with Gasteiger partial charge in [-0.05, 0) is 72.7 Å². The molecule has 3 fully saturated rings. The van der Waals surface area contributed by atoms with Crippen molar-refractivity contribution in [2.45, 2.75) is 69.4 Å². The third-order valence-electron chi connectivity index (χ3n) is 9.84. The largest absolute Gasteiger partial charge is 0.508 e. The van der Waals surface area contributed by atoms with E-state index >= 15 is 0 Å². The van der Waals surface area contributed by atoms with Crippen LogP contribution in [-0.4, -0.2) is 58.4 Å². The van der Waals surface area contributed by atoms with E-state index in [-0.39, 0.29) is 17.7 Å². The summed E-state index contributed by atoms with van der Waals surface area (Å²) in [5.41, 5.74) is 0.283. The predicted molar refractivity (Wildman–Crippen MR) is 156 cm³/mol. The molecular formula is C34H43N2O3+. The lowest BCUT2D eigenvalue weighted by atomic mass is 9.54. The molecule has 0 bridgehead atoms. The van der Waals surface area contributed by atoms with Gasteiger partial charge in [0, 0.05) is 35.3 Å². The molecule has 5 nitrogen and oxygen atoms in total. The number of aromatic hydroxyl groups is 1. The molecule has 206 valence electrons. The highest BCUT2D eigenvalue weighted by Gasteiger charge is 2.62. The number of piperidine rings is 1. The zero-order valence-corrected chi connectivity index (χ0v) is 23.4. The topological polar surface area (TPSA) is 69.6 Å². The quantitative estimate of drug-likeness (QED) is 0.341. The monoisotopic (exact) mass is 527 g/mol. The summed E-state index contributed by atoms with van der Waals surface area (Å²) < 4.78 is 0.994. The maximum Gasteiger partial charge on any atom is 0.251 e. The number of amides is 1. The van der Waals surface area contributed by atoms with Gasteiger partial charge in [0.1, 0.15) is 17.9 Å². The van der Waals surface area contributed by atoms with E-state index in [1.807, 2.05) is 48.5 Å². The third kappa shape index (κ3) is 5.07. The van der Waals surface area contributed by atoms with Gasteiger partial charge in [-0.2, -0.15) is 0 Å². The number of aliphatic hydroxyl groups is 1. The van der Waals surface area contributed by atoms with Crippen molar-refractivity contribution >= 4 is 16.7 Å². The van der Waals surface area contributed by atoms with Gasteiger partial charge >= 0.3 is 0 Å². The summed E-state index contributed by atoms with van der Waals surface area (Å²) in [6, 6.07) is 21.4. The summed E-state index contributed by atoms with van der Waals surface area (Å²) in [7, 11) is 0. The minimum atomic E-state index is -0.882. The SMILES string of the molecule is CC(C)C[N@+]1(CC2CC2)CC[C@]2(c3cccc(O)c3)C[C@H](NC(=O)c3ccc4ccccc4c3)CCC2(O)C1. The van der Waals surface area contributed by atoms with Crippen LogP contribution < -0.4 is 5.32 Å². The van der Waals surface area contributed by atoms with Crippen molar-refractivity contribution in [2.75, 3.05) is 26.2 Å². The Balaban J connectivity index is 1.30. The lowest BCUT2D eigenvalue weighted by Gasteiger charge is -2.61. The lowest BCUT2D eigenvalue weighted by Crippen LogP contribution is -2.73. The Bertz CT molecular complexity index is 1360. The van der Waals surface area contributed by atoms with Gasteiger partial charge in [0.2, 0.25) is 0 Å². The van der Waals surface area contributed by atoms with Crippen LogP contribution in [-0.2, 0) is 5.41 Å². The average molecular weight is 528 g/mol. The van der Waals surface area contributed by atoms with Gasteiger partial charge < -0.3 is 20.0 Å². The van der Waals surface area contributed by atoms with Gasteiger partial charge in [-0.15, -0.1) is 0 Å². The second-order valence-corrected chi connectivity index (χ2v) is 13.3. The maximum atomic E-state index is 13.4. The molecule has 1 unspecified atom stereocenters. The molecule has 1 aliphatic heterocycles. The average Bonchev–Trinajstić information content (AvgIpc) is 3.72. The highest BCUT2D eigenvalue weighted by atomic mass is 16.3. The molecule has 1 amide bonds. The minimum Gasteiger partial charge on any atom is -0.508 e. The number of nitrogens with one attached hydrogen (secondary N) is 1. The number of nitrogens with zero attached hydrogens (tertiary/aromatic N) is 1. The van der Waals surface area contributed by atoms with E-state index < -0.39 is 11.0 Å². The highest BCUT2D eigenvalue weighted by Crippen LogP contribution is 2.54. The number of hydrogen-bond donors (Lipinski definition) is 3. The van der Waals surface area contributed by atoms with Crippen molar-refractivity contribution in [1.29, 1.82) is 0 Å². The summed E-state index contributed by atoms with van der Waals surface area (Å²) >= 11 is 0. The summed E-state index contributed by atoms with van der Waals surface area (Å²) in [6.45, 7) is 8.64. The second-order valence-electron chi connectivity index (χ2n) is 13.3. The zero-order chi connectivity index (χ0) is 27.3. The van der Waals surface area contributed by atoms with Crippen LogP contribution in [0.3, 0.4) is 0 Å². The van der Waals surface area contributed by atoms with Crippen LogP contribution in [0, 0.1) is 11.8 Å². The molecule has 0 radical (unpaired) electrons. The van der Waals surface area contributed by atoms with Crippen molar-refractivity contribution in [2.24, 2.45) is 11.8 Å². The number of rotatable bonds is 7. The number of benzene rings is 3. The van der Waals surface area contributed by atoms with E-state index in [2.05, 4.69) is 31.3 Å². The molecule has 3 aromatic rings. The zero-order valence-electron chi connectivity index (χ0n) is 23.4. The number of fused-ring (bicyclic) bond motifs is 2. The van der Waals surface area contributed by atoms with Crippen LogP contribution in [0.5, 0.6) is 5.75 Å². The Morgan fingerprint density at radius 3 is 2.54 bits per heavy atom. The smallest absolute Gasteiger partial charge is 0.251 e. The van der Waals surface area contributed by atoms with Gasteiger partial charge in [-0.3, -0.25) is 4.79 Å². The number of quaternary nitrogens is 1. The van der Waals surface area contributed by atoms with E-state index in [0.29, 0.717) is 24.3 Å². The summed E-state index contributed by atoms with van der Waals surface area (Å²) in [5, 5.41) is 28.6. The van der Waals surface area contributed by atoms with Gasteiger partial charge in [0.15, 0.2) is 0 Å². The van der Waals surface area contributed by atoms with Crippen LogP contribution >= 0.6 is 0 Å². The summed E-state index contributed by atoms with van der Waals surface area (Å²) in [6.07, 6.45) is 5.57. The number of carbonyl (C=O) groups excluding carboxylic acids is 1. The molecule has 5 heteroatoms. The second kappa shape index (κ2) is 9.94. The van der Waals surface area contributed by atoms with Gasteiger partial charge in [-0.1, -0.05) is 56.3 Å². The number of hydrogen-bond acceptors (Lipinski definition) is 3. The molecule has 0 aromatic heterocycles. The molecule has 1 heterocycles. The van der Waals surface area contributed by atoms with Crippen LogP contribution in [0.2, 0.25) is 0 Å².